The maximum atomic E-state index is 14.0. The molecule has 1 aliphatic heterocycles. The minimum Gasteiger partial charge on any atom is -0.390 e. The predicted molar refractivity (Wildman–Crippen MR) is 119 cm³/mol. The first-order valence-electron chi connectivity index (χ1n) is 10.8. The van der Waals surface area contributed by atoms with E-state index in [1.54, 1.807) is 24.9 Å². The second kappa shape index (κ2) is 9.70. The standard InChI is InChI=1S/C24H35FO4S/c1-16(2)5-8-22-23(3,29-22)19-13-18(25)7-6-17(19)10-12-30-15-24(27)11-9-20(26)21(14-24)28-4/h5-7,13,20-22,26-27H,8-12,14-15H2,1-4H3. The molecular weight excluding hydrogens is 403 g/mol. The molecule has 0 radical (unpaired) electrons. The number of thioether (sulfide) groups is 1. The summed E-state index contributed by atoms with van der Waals surface area (Å²) in [5.41, 5.74) is 2.06. The summed E-state index contributed by atoms with van der Waals surface area (Å²) in [6.45, 7) is 6.18. The van der Waals surface area contributed by atoms with Gasteiger partial charge in [-0.3, -0.25) is 0 Å². The second-order valence-corrected chi connectivity index (χ2v) is 10.2. The average molecular weight is 439 g/mol. The number of rotatable bonds is 9. The van der Waals surface area contributed by atoms with Crippen LogP contribution in [-0.2, 0) is 21.5 Å². The molecule has 6 heteroatoms. The lowest BCUT2D eigenvalue weighted by Crippen LogP contribution is -2.47. The SMILES string of the molecule is COC1CC(O)(CSCCc2ccc(F)cc2C2(C)OC2CC=C(C)C)CCC1O. The lowest BCUT2D eigenvalue weighted by atomic mass is 9.83. The largest absolute Gasteiger partial charge is 0.390 e. The van der Waals surface area contributed by atoms with E-state index >= 15 is 0 Å². The quantitative estimate of drug-likeness (QED) is 0.341. The molecule has 2 aliphatic rings. The fourth-order valence-corrected chi connectivity index (χ4v) is 5.52. The zero-order valence-electron chi connectivity index (χ0n) is 18.5. The Morgan fingerprint density at radius 3 is 2.87 bits per heavy atom. The van der Waals surface area contributed by atoms with Gasteiger partial charge in [-0.15, -0.1) is 0 Å². The van der Waals surface area contributed by atoms with Crippen LogP contribution in [0, 0.1) is 5.82 Å². The van der Waals surface area contributed by atoms with Gasteiger partial charge in [-0.2, -0.15) is 11.8 Å². The van der Waals surface area contributed by atoms with E-state index in [4.69, 9.17) is 9.47 Å². The van der Waals surface area contributed by atoms with Crippen LogP contribution < -0.4 is 0 Å². The van der Waals surface area contributed by atoms with Crippen molar-refractivity contribution in [2.24, 2.45) is 0 Å². The van der Waals surface area contributed by atoms with E-state index in [9.17, 15) is 14.6 Å². The Labute approximate surface area is 183 Å². The fourth-order valence-electron chi connectivity index (χ4n) is 4.37. The molecule has 1 aromatic carbocycles. The van der Waals surface area contributed by atoms with Gasteiger partial charge >= 0.3 is 0 Å². The van der Waals surface area contributed by atoms with E-state index in [-0.39, 0.29) is 18.0 Å². The minimum atomic E-state index is -0.808. The molecule has 2 fully saturated rings. The molecule has 1 aromatic rings. The van der Waals surface area contributed by atoms with Crippen molar-refractivity contribution < 1.29 is 24.1 Å². The number of halogens is 1. The third-order valence-corrected chi connectivity index (χ3v) is 7.63. The maximum Gasteiger partial charge on any atom is 0.123 e. The first-order valence-corrected chi connectivity index (χ1v) is 11.9. The van der Waals surface area contributed by atoms with Crippen molar-refractivity contribution in [1.29, 1.82) is 0 Å². The number of hydrogen-bond donors (Lipinski definition) is 2. The molecule has 3 rings (SSSR count). The van der Waals surface area contributed by atoms with Gasteiger partial charge in [0.05, 0.1) is 23.9 Å². The maximum absolute atomic E-state index is 14.0. The summed E-state index contributed by atoms with van der Waals surface area (Å²) in [5, 5.41) is 20.8. The number of ether oxygens (including phenoxy) is 2. The van der Waals surface area contributed by atoms with Crippen LogP contribution in [-0.4, -0.2) is 52.7 Å². The van der Waals surface area contributed by atoms with E-state index in [0.29, 0.717) is 25.0 Å². The van der Waals surface area contributed by atoms with Gasteiger partial charge in [-0.1, -0.05) is 17.7 Å². The first kappa shape index (κ1) is 23.7. The molecule has 0 amide bonds. The van der Waals surface area contributed by atoms with Crippen LogP contribution >= 0.6 is 11.8 Å². The Bertz CT molecular complexity index is 766. The number of aryl methyl sites for hydroxylation is 1. The molecule has 5 unspecified atom stereocenters. The number of aliphatic hydroxyl groups excluding tert-OH is 1. The van der Waals surface area contributed by atoms with Crippen LogP contribution in [0.15, 0.2) is 29.8 Å². The van der Waals surface area contributed by atoms with Gasteiger partial charge in [0, 0.05) is 19.3 Å². The normalized spacial score (nSPS) is 33.4. The molecular formula is C24H35FO4S. The Kier molecular flexibility index (Phi) is 7.67. The van der Waals surface area contributed by atoms with Crippen molar-refractivity contribution in [3.63, 3.8) is 0 Å². The number of methoxy groups -OCH3 is 1. The van der Waals surface area contributed by atoms with E-state index in [2.05, 4.69) is 19.9 Å². The van der Waals surface area contributed by atoms with Gasteiger partial charge in [0.2, 0.25) is 0 Å². The van der Waals surface area contributed by atoms with Crippen molar-refractivity contribution in [3.05, 3.63) is 46.8 Å². The van der Waals surface area contributed by atoms with Crippen LogP contribution in [0.5, 0.6) is 0 Å². The summed E-state index contributed by atoms with van der Waals surface area (Å²) in [6, 6.07) is 4.99. The summed E-state index contributed by atoms with van der Waals surface area (Å²) in [5.74, 6) is 1.20. The zero-order chi connectivity index (χ0) is 21.9. The fraction of sp³-hybridized carbons (Fsp3) is 0.667. The number of aliphatic hydroxyl groups is 2. The van der Waals surface area contributed by atoms with Crippen molar-refractivity contribution in [2.75, 3.05) is 18.6 Å². The third-order valence-electron chi connectivity index (χ3n) is 6.40. The molecule has 5 atom stereocenters. The predicted octanol–water partition coefficient (Wildman–Crippen LogP) is 4.36. The molecule has 2 N–H and O–H groups in total. The number of benzene rings is 1. The van der Waals surface area contributed by atoms with Crippen LogP contribution in [0.4, 0.5) is 4.39 Å². The van der Waals surface area contributed by atoms with E-state index in [0.717, 1.165) is 29.7 Å². The first-order chi connectivity index (χ1) is 14.2. The molecule has 0 aromatic heterocycles. The number of epoxide rings is 1. The lowest BCUT2D eigenvalue weighted by Gasteiger charge is -2.38. The van der Waals surface area contributed by atoms with Crippen LogP contribution in [0.2, 0.25) is 0 Å². The van der Waals surface area contributed by atoms with Gasteiger partial charge in [0.25, 0.3) is 0 Å². The third kappa shape index (κ3) is 5.65. The van der Waals surface area contributed by atoms with Gasteiger partial charge in [-0.25, -0.2) is 4.39 Å². The minimum absolute atomic E-state index is 0.0842. The van der Waals surface area contributed by atoms with Crippen LogP contribution in [0.25, 0.3) is 0 Å². The highest BCUT2D eigenvalue weighted by Crippen LogP contribution is 2.49. The van der Waals surface area contributed by atoms with Gasteiger partial charge < -0.3 is 19.7 Å². The Balaban J connectivity index is 1.57. The lowest BCUT2D eigenvalue weighted by molar-refractivity contribution is -0.103. The summed E-state index contributed by atoms with van der Waals surface area (Å²) in [7, 11) is 1.58. The molecule has 30 heavy (non-hydrogen) atoms. The summed E-state index contributed by atoms with van der Waals surface area (Å²) >= 11 is 1.69. The molecule has 0 spiro atoms. The average Bonchev–Trinajstić information content (AvgIpc) is 3.38. The van der Waals surface area contributed by atoms with Crippen molar-refractivity contribution >= 4 is 11.8 Å². The number of hydrogen-bond acceptors (Lipinski definition) is 5. The van der Waals surface area contributed by atoms with Crippen molar-refractivity contribution in [3.8, 4) is 0 Å². The van der Waals surface area contributed by atoms with Crippen molar-refractivity contribution in [2.45, 2.75) is 82.4 Å². The highest BCUT2D eigenvalue weighted by atomic mass is 32.2. The summed E-state index contributed by atoms with van der Waals surface area (Å²) < 4.78 is 25.3. The van der Waals surface area contributed by atoms with Gasteiger partial charge in [-0.05, 0) is 75.5 Å². The molecule has 1 saturated heterocycles. The number of allylic oxidation sites excluding steroid dienone is 1. The van der Waals surface area contributed by atoms with Crippen molar-refractivity contribution in [1.82, 2.24) is 0 Å². The topological polar surface area (TPSA) is 62.2 Å². The second-order valence-electron chi connectivity index (χ2n) is 9.14. The summed E-state index contributed by atoms with van der Waals surface area (Å²) in [4.78, 5) is 0. The highest BCUT2D eigenvalue weighted by molar-refractivity contribution is 7.99. The smallest absolute Gasteiger partial charge is 0.123 e. The zero-order valence-corrected chi connectivity index (χ0v) is 19.3. The van der Waals surface area contributed by atoms with E-state index < -0.39 is 17.3 Å². The molecule has 4 nitrogen and oxygen atoms in total. The monoisotopic (exact) mass is 438 g/mol. The van der Waals surface area contributed by atoms with Crippen LogP contribution in [0.3, 0.4) is 0 Å². The molecule has 1 saturated carbocycles. The van der Waals surface area contributed by atoms with E-state index in [1.165, 1.54) is 11.6 Å². The molecule has 1 aliphatic carbocycles. The molecule has 0 bridgehead atoms. The Morgan fingerprint density at radius 1 is 1.40 bits per heavy atom. The Morgan fingerprint density at radius 2 is 2.17 bits per heavy atom. The van der Waals surface area contributed by atoms with Crippen LogP contribution in [0.1, 0.15) is 57.6 Å². The Hall–Kier alpha value is -0.920. The van der Waals surface area contributed by atoms with Gasteiger partial charge in [0.1, 0.15) is 11.4 Å². The summed E-state index contributed by atoms with van der Waals surface area (Å²) in [6.07, 6.45) is 4.67. The van der Waals surface area contributed by atoms with Gasteiger partial charge in [0.15, 0.2) is 0 Å². The molecule has 1 heterocycles. The molecule has 168 valence electrons. The van der Waals surface area contributed by atoms with E-state index in [1.807, 2.05) is 13.0 Å². The highest BCUT2D eigenvalue weighted by Gasteiger charge is 2.53.